The maximum absolute atomic E-state index is 5.82. The van der Waals surface area contributed by atoms with E-state index in [4.69, 9.17) is 4.42 Å². The summed E-state index contributed by atoms with van der Waals surface area (Å²) in [6.07, 6.45) is 4.12. The van der Waals surface area contributed by atoms with Gasteiger partial charge in [0.15, 0.2) is 5.96 Å². The van der Waals surface area contributed by atoms with Crippen molar-refractivity contribution in [1.29, 1.82) is 0 Å². The van der Waals surface area contributed by atoms with Crippen molar-refractivity contribution in [2.75, 3.05) is 26.7 Å². The normalized spacial score (nSPS) is 18.0. The summed E-state index contributed by atoms with van der Waals surface area (Å²) in [7, 11) is 1.80. The van der Waals surface area contributed by atoms with Crippen LogP contribution in [0.5, 0.6) is 0 Å². The fourth-order valence-corrected chi connectivity index (χ4v) is 3.06. The molecule has 0 spiro atoms. The van der Waals surface area contributed by atoms with Crippen molar-refractivity contribution in [2.45, 2.75) is 65.5 Å². The molecule has 0 aromatic carbocycles. The second-order valence-corrected chi connectivity index (χ2v) is 8.41. The summed E-state index contributed by atoms with van der Waals surface area (Å²) in [5.41, 5.74) is -0.0187. The van der Waals surface area contributed by atoms with E-state index in [1.54, 1.807) is 7.05 Å². The number of rotatable bonds is 5. The van der Waals surface area contributed by atoms with Gasteiger partial charge in [0.1, 0.15) is 5.76 Å². The molecule has 1 aromatic rings. The number of oxazole rings is 1. The second-order valence-electron chi connectivity index (χ2n) is 8.41. The van der Waals surface area contributed by atoms with Crippen LogP contribution in [-0.4, -0.2) is 48.6 Å². The number of guanidine groups is 1. The van der Waals surface area contributed by atoms with E-state index in [1.807, 2.05) is 6.20 Å². The lowest BCUT2D eigenvalue weighted by Crippen LogP contribution is -2.49. The Balaban J connectivity index is 1.77. The topological polar surface area (TPSA) is 65.7 Å². The van der Waals surface area contributed by atoms with Crippen LogP contribution in [0.3, 0.4) is 0 Å². The summed E-state index contributed by atoms with van der Waals surface area (Å²) in [4.78, 5) is 11.2. The lowest BCUT2D eigenvalue weighted by molar-refractivity contribution is 0.187. The third-order valence-electron chi connectivity index (χ3n) is 4.48. The quantitative estimate of drug-likeness (QED) is 0.632. The van der Waals surface area contributed by atoms with E-state index >= 15 is 0 Å². The predicted molar refractivity (Wildman–Crippen MR) is 103 cm³/mol. The Morgan fingerprint density at radius 2 is 2.04 bits per heavy atom. The van der Waals surface area contributed by atoms with E-state index in [-0.39, 0.29) is 5.41 Å². The number of nitrogens with zero attached hydrogens (tertiary/aromatic N) is 3. The summed E-state index contributed by atoms with van der Waals surface area (Å²) < 4.78 is 5.82. The molecule has 0 aliphatic carbocycles. The minimum atomic E-state index is -0.0187. The molecular weight excluding hydrogens is 314 g/mol. The van der Waals surface area contributed by atoms with E-state index in [0.29, 0.717) is 18.5 Å². The van der Waals surface area contributed by atoms with Gasteiger partial charge in [0.25, 0.3) is 0 Å². The van der Waals surface area contributed by atoms with Crippen molar-refractivity contribution in [1.82, 2.24) is 20.5 Å². The smallest absolute Gasteiger partial charge is 0.213 e. The van der Waals surface area contributed by atoms with Gasteiger partial charge in [0.2, 0.25) is 5.89 Å². The van der Waals surface area contributed by atoms with Crippen LogP contribution in [0.2, 0.25) is 0 Å². The summed E-state index contributed by atoms with van der Waals surface area (Å²) in [5.74, 6) is 3.15. The fraction of sp³-hybridized carbons (Fsp3) is 0.789. The van der Waals surface area contributed by atoms with E-state index in [2.05, 4.69) is 60.1 Å². The lowest BCUT2D eigenvalue weighted by Gasteiger charge is -2.33. The minimum Gasteiger partial charge on any atom is -0.443 e. The monoisotopic (exact) mass is 349 g/mol. The van der Waals surface area contributed by atoms with Crippen molar-refractivity contribution in [3.8, 4) is 0 Å². The van der Waals surface area contributed by atoms with Gasteiger partial charge in [-0.3, -0.25) is 4.99 Å². The number of piperidine rings is 1. The summed E-state index contributed by atoms with van der Waals surface area (Å²) in [6, 6.07) is 0.476. The standard InChI is InChI=1S/C19H35N5O/c1-14(2)13-24-9-7-15(8-10-24)23-18(20-6)22-12-17-21-11-16(25-17)19(3,4)5/h11,14-15H,7-10,12-13H2,1-6H3,(H2,20,22,23). The molecule has 0 amide bonds. The Morgan fingerprint density at radius 3 is 2.56 bits per heavy atom. The third kappa shape index (κ3) is 6.34. The highest BCUT2D eigenvalue weighted by Crippen LogP contribution is 2.22. The maximum Gasteiger partial charge on any atom is 0.213 e. The zero-order valence-corrected chi connectivity index (χ0v) is 16.7. The average Bonchev–Trinajstić information content (AvgIpc) is 3.02. The number of aromatic nitrogens is 1. The van der Waals surface area contributed by atoms with Crippen molar-refractivity contribution in [2.24, 2.45) is 10.9 Å². The highest BCUT2D eigenvalue weighted by molar-refractivity contribution is 5.79. The highest BCUT2D eigenvalue weighted by atomic mass is 16.4. The molecule has 0 saturated carbocycles. The van der Waals surface area contributed by atoms with Gasteiger partial charge in [-0.1, -0.05) is 34.6 Å². The highest BCUT2D eigenvalue weighted by Gasteiger charge is 2.21. The molecule has 1 aliphatic rings. The summed E-state index contributed by atoms with van der Waals surface area (Å²) in [6.45, 7) is 15.0. The number of nitrogens with one attached hydrogen (secondary N) is 2. The molecule has 2 rings (SSSR count). The lowest BCUT2D eigenvalue weighted by atomic mass is 9.94. The van der Waals surface area contributed by atoms with Gasteiger partial charge in [0.05, 0.1) is 12.7 Å². The van der Waals surface area contributed by atoms with Crippen LogP contribution in [0.4, 0.5) is 0 Å². The first-order chi connectivity index (χ1) is 11.8. The second kappa shape index (κ2) is 8.70. The Hall–Kier alpha value is -1.56. The molecule has 1 aromatic heterocycles. The molecule has 0 unspecified atom stereocenters. The molecule has 0 radical (unpaired) electrons. The van der Waals surface area contributed by atoms with Crippen LogP contribution in [0, 0.1) is 5.92 Å². The van der Waals surface area contributed by atoms with Crippen LogP contribution >= 0.6 is 0 Å². The number of hydrogen-bond donors (Lipinski definition) is 2. The number of aliphatic imine (C=N–C) groups is 1. The Labute approximate surface area is 152 Å². The van der Waals surface area contributed by atoms with Gasteiger partial charge in [-0.25, -0.2) is 4.98 Å². The molecule has 1 fully saturated rings. The molecule has 0 bridgehead atoms. The molecule has 1 saturated heterocycles. The van der Waals surface area contributed by atoms with Gasteiger partial charge < -0.3 is 20.0 Å². The van der Waals surface area contributed by atoms with E-state index in [1.165, 1.54) is 6.54 Å². The molecule has 0 atom stereocenters. The average molecular weight is 350 g/mol. The first-order valence-electron chi connectivity index (χ1n) is 9.42. The van der Waals surface area contributed by atoms with Gasteiger partial charge in [-0.05, 0) is 18.8 Å². The van der Waals surface area contributed by atoms with Gasteiger partial charge in [-0.15, -0.1) is 0 Å². The molecule has 2 N–H and O–H groups in total. The third-order valence-corrected chi connectivity index (χ3v) is 4.48. The number of likely N-dealkylation sites (tertiary alicyclic amines) is 1. The summed E-state index contributed by atoms with van der Waals surface area (Å²) in [5, 5.41) is 6.84. The fourth-order valence-electron chi connectivity index (χ4n) is 3.06. The zero-order valence-electron chi connectivity index (χ0n) is 16.7. The number of hydrogen-bond acceptors (Lipinski definition) is 4. The van der Waals surface area contributed by atoms with E-state index < -0.39 is 0 Å². The van der Waals surface area contributed by atoms with Crippen LogP contribution in [-0.2, 0) is 12.0 Å². The SMILES string of the molecule is CN=C(NCc1ncc(C(C)(C)C)o1)NC1CCN(CC(C)C)CC1. The van der Waals surface area contributed by atoms with E-state index in [0.717, 1.165) is 43.6 Å². The van der Waals surface area contributed by atoms with Crippen molar-refractivity contribution in [3.63, 3.8) is 0 Å². The minimum absolute atomic E-state index is 0.0187. The van der Waals surface area contributed by atoms with Crippen molar-refractivity contribution in [3.05, 3.63) is 17.8 Å². The van der Waals surface area contributed by atoms with Crippen LogP contribution in [0.1, 0.15) is 59.1 Å². The van der Waals surface area contributed by atoms with Crippen LogP contribution in [0.15, 0.2) is 15.6 Å². The maximum atomic E-state index is 5.82. The molecule has 6 heteroatoms. The van der Waals surface area contributed by atoms with Gasteiger partial charge >= 0.3 is 0 Å². The molecule has 142 valence electrons. The van der Waals surface area contributed by atoms with Crippen LogP contribution in [0.25, 0.3) is 0 Å². The van der Waals surface area contributed by atoms with Gasteiger partial charge in [0, 0.05) is 38.1 Å². The Morgan fingerprint density at radius 1 is 1.36 bits per heavy atom. The molecule has 25 heavy (non-hydrogen) atoms. The summed E-state index contributed by atoms with van der Waals surface area (Å²) >= 11 is 0. The van der Waals surface area contributed by atoms with E-state index in [9.17, 15) is 0 Å². The van der Waals surface area contributed by atoms with Gasteiger partial charge in [-0.2, -0.15) is 0 Å². The van der Waals surface area contributed by atoms with Crippen molar-refractivity contribution >= 4 is 5.96 Å². The Kier molecular flexibility index (Phi) is 6.87. The Bertz CT molecular complexity index is 550. The first-order valence-corrected chi connectivity index (χ1v) is 9.42. The first kappa shape index (κ1) is 19.8. The zero-order chi connectivity index (χ0) is 18.4. The van der Waals surface area contributed by atoms with Crippen LogP contribution < -0.4 is 10.6 Å². The molecule has 2 heterocycles. The largest absolute Gasteiger partial charge is 0.443 e. The van der Waals surface area contributed by atoms with Crippen molar-refractivity contribution < 1.29 is 4.42 Å². The molecule has 1 aliphatic heterocycles. The molecular formula is C19H35N5O. The predicted octanol–water partition coefficient (Wildman–Crippen LogP) is 2.76. The molecule has 6 nitrogen and oxygen atoms in total.